The van der Waals surface area contributed by atoms with E-state index in [1.807, 2.05) is 6.20 Å². The van der Waals surface area contributed by atoms with Gasteiger partial charge in [-0.1, -0.05) is 6.92 Å². The fourth-order valence-electron chi connectivity index (χ4n) is 2.01. The topological polar surface area (TPSA) is 29.9 Å². The first-order valence-electron chi connectivity index (χ1n) is 6.79. The quantitative estimate of drug-likeness (QED) is 0.879. The molecule has 0 radical (unpaired) electrons. The number of hydrogen-bond acceptors (Lipinski definition) is 2. The van der Waals surface area contributed by atoms with Gasteiger partial charge in [-0.05, 0) is 38.1 Å². The lowest BCUT2D eigenvalue weighted by Gasteiger charge is -2.10. The van der Waals surface area contributed by atoms with Crippen molar-refractivity contribution in [3.05, 3.63) is 53.4 Å². The minimum Gasteiger partial charge on any atom is -0.310 e. The lowest BCUT2D eigenvalue weighted by molar-refractivity contribution is 0.562. The highest BCUT2D eigenvalue weighted by molar-refractivity contribution is 5.19. The van der Waals surface area contributed by atoms with Gasteiger partial charge in [-0.3, -0.25) is 4.68 Å². The summed E-state index contributed by atoms with van der Waals surface area (Å²) in [4.78, 5) is 0. The van der Waals surface area contributed by atoms with Crippen LogP contribution in [0, 0.1) is 11.6 Å². The summed E-state index contributed by atoms with van der Waals surface area (Å²) >= 11 is 0. The van der Waals surface area contributed by atoms with Gasteiger partial charge in [0.1, 0.15) is 11.6 Å². The molecule has 20 heavy (non-hydrogen) atoms. The first-order chi connectivity index (χ1) is 9.60. The van der Waals surface area contributed by atoms with Crippen LogP contribution >= 0.6 is 0 Å². The third-order valence-corrected chi connectivity index (χ3v) is 3.19. The predicted octanol–water partition coefficient (Wildman–Crippen LogP) is 3.27. The van der Waals surface area contributed by atoms with Gasteiger partial charge in [-0.25, -0.2) is 8.78 Å². The van der Waals surface area contributed by atoms with Crippen LogP contribution in [0.3, 0.4) is 0 Å². The number of aromatic nitrogens is 2. The van der Waals surface area contributed by atoms with Crippen LogP contribution in [0.4, 0.5) is 8.78 Å². The van der Waals surface area contributed by atoms with Gasteiger partial charge in [0, 0.05) is 23.4 Å². The Kier molecular flexibility index (Phi) is 4.84. The zero-order valence-electron chi connectivity index (χ0n) is 11.7. The molecule has 0 amide bonds. The zero-order chi connectivity index (χ0) is 14.5. The molecule has 2 rings (SSSR count). The van der Waals surface area contributed by atoms with E-state index in [1.54, 1.807) is 10.9 Å². The van der Waals surface area contributed by atoms with Crippen LogP contribution < -0.4 is 5.32 Å². The van der Waals surface area contributed by atoms with Gasteiger partial charge in [-0.2, -0.15) is 5.10 Å². The highest BCUT2D eigenvalue weighted by Gasteiger charge is 2.09. The molecule has 0 aliphatic heterocycles. The van der Waals surface area contributed by atoms with Crippen molar-refractivity contribution in [3.63, 3.8) is 0 Å². The minimum atomic E-state index is -0.438. The van der Waals surface area contributed by atoms with Crippen molar-refractivity contribution in [1.29, 1.82) is 0 Å². The molecule has 0 bridgehead atoms. The molecule has 0 aliphatic carbocycles. The van der Waals surface area contributed by atoms with Gasteiger partial charge in [0.15, 0.2) is 0 Å². The molecule has 1 heterocycles. The summed E-state index contributed by atoms with van der Waals surface area (Å²) in [5.74, 6) is -0.854. The zero-order valence-corrected chi connectivity index (χ0v) is 11.7. The van der Waals surface area contributed by atoms with Gasteiger partial charge >= 0.3 is 0 Å². The number of nitrogens with one attached hydrogen (secondary N) is 1. The molecule has 3 nitrogen and oxygen atoms in total. The maximum Gasteiger partial charge on any atom is 0.128 e. The van der Waals surface area contributed by atoms with Gasteiger partial charge < -0.3 is 5.32 Å². The van der Waals surface area contributed by atoms with Crippen molar-refractivity contribution in [1.82, 2.24) is 15.1 Å². The van der Waals surface area contributed by atoms with E-state index in [-0.39, 0.29) is 12.6 Å². The Labute approximate surface area is 117 Å². The van der Waals surface area contributed by atoms with Crippen molar-refractivity contribution in [3.8, 4) is 0 Å². The smallest absolute Gasteiger partial charge is 0.128 e. The van der Waals surface area contributed by atoms with E-state index in [9.17, 15) is 8.78 Å². The second-order valence-electron chi connectivity index (χ2n) is 4.88. The molecule has 0 saturated heterocycles. The monoisotopic (exact) mass is 279 g/mol. The van der Waals surface area contributed by atoms with E-state index >= 15 is 0 Å². The molecule has 2 aromatic rings. The molecule has 1 unspecified atom stereocenters. The SMILES string of the molecule is CCCNC(C)c1cnn(Cc2cc(F)ccc2F)c1. The molecule has 0 spiro atoms. The number of benzene rings is 1. The van der Waals surface area contributed by atoms with E-state index < -0.39 is 11.6 Å². The minimum absolute atomic E-state index is 0.195. The second-order valence-corrected chi connectivity index (χ2v) is 4.88. The molecule has 1 aromatic carbocycles. The van der Waals surface area contributed by atoms with Crippen molar-refractivity contribution < 1.29 is 8.78 Å². The van der Waals surface area contributed by atoms with Crippen molar-refractivity contribution in [2.24, 2.45) is 0 Å². The summed E-state index contributed by atoms with van der Waals surface area (Å²) in [6.07, 6.45) is 4.68. The van der Waals surface area contributed by atoms with E-state index in [2.05, 4.69) is 24.3 Å². The number of rotatable bonds is 6. The molecule has 0 saturated carbocycles. The van der Waals surface area contributed by atoms with Gasteiger partial charge in [0.2, 0.25) is 0 Å². The summed E-state index contributed by atoms with van der Waals surface area (Å²) in [5.41, 5.74) is 1.34. The van der Waals surface area contributed by atoms with Crippen LogP contribution in [0.15, 0.2) is 30.6 Å². The Hall–Kier alpha value is -1.75. The highest BCUT2D eigenvalue weighted by Crippen LogP contribution is 2.14. The second kappa shape index (κ2) is 6.61. The Morgan fingerprint density at radius 1 is 1.35 bits per heavy atom. The summed E-state index contributed by atoms with van der Waals surface area (Å²) in [5, 5.41) is 7.56. The molecule has 1 atom stereocenters. The van der Waals surface area contributed by atoms with Crippen LogP contribution in [0.1, 0.15) is 37.4 Å². The average molecular weight is 279 g/mol. The van der Waals surface area contributed by atoms with E-state index in [0.717, 1.165) is 30.7 Å². The Bertz CT molecular complexity index is 566. The van der Waals surface area contributed by atoms with Gasteiger partial charge in [0.05, 0.1) is 12.7 Å². The molecule has 1 N–H and O–H groups in total. The average Bonchev–Trinajstić information content (AvgIpc) is 2.89. The maximum atomic E-state index is 13.6. The van der Waals surface area contributed by atoms with Crippen LogP contribution in [0.25, 0.3) is 0 Å². The van der Waals surface area contributed by atoms with Crippen molar-refractivity contribution >= 4 is 0 Å². The van der Waals surface area contributed by atoms with Crippen LogP contribution in [0.2, 0.25) is 0 Å². The number of hydrogen-bond donors (Lipinski definition) is 1. The van der Waals surface area contributed by atoms with E-state index in [1.165, 1.54) is 6.07 Å². The third-order valence-electron chi connectivity index (χ3n) is 3.19. The van der Waals surface area contributed by atoms with Gasteiger partial charge in [-0.15, -0.1) is 0 Å². The largest absolute Gasteiger partial charge is 0.310 e. The Balaban J connectivity index is 2.07. The normalized spacial score (nSPS) is 12.6. The highest BCUT2D eigenvalue weighted by atomic mass is 19.1. The number of nitrogens with zero attached hydrogens (tertiary/aromatic N) is 2. The molecule has 5 heteroatoms. The fourth-order valence-corrected chi connectivity index (χ4v) is 2.01. The predicted molar refractivity (Wildman–Crippen MR) is 74.4 cm³/mol. The van der Waals surface area contributed by atoms with E-state index in [0.29, 0.717) is 5.56 Å². The van der Waals surface area contributed by atoms with Gasteiger partial charge in [0.25, 0.3) is 0 Å². The lowest BCUT2D eigenvalue weighted by Crippen LogP contribution is -2.18. The third kappa shape index (κ3) is 3.63. The number of halogens is 2. The summed E-state index contributed by atoms with van der Waals surface area (Å²) in [6.45, 7) is 5.32. The standard InChI is InChI=1S/C15H19F2N3/c1-3-6-18-11(2)13-8-19-20(10-13)9-12-7-14(16)4-5-15(12)17/h4-5,7-8,10-11,18H,3,6,9H2,1-2H3. The summed E-state index contributed by atoms with van der Waals surface area (Å²) in [6, 6.07) is 3.65. The van der Waals surface area contributed by atoms with E-state index in [4.69, 9.17) is 0 Å². The van der Waals surface area contributed by atoms with Crippen LogP contribution in [0.5, 0.6) is 0 Å². The molecule has 0 aliphatic rings. The van der Waals surface area contributed by atoms with Crippen LogP contribution in [-0.2, 0) is 6.54 Å². The Morgan fingerprint density at radius 2 is 2.15 bits per heavy atom. The van der Waals surface area contributed by atoms with Crippen molar-refractivity contribution in [2.75, 3.05) is 6.54 Å². The molecular weight excluding hydrogens is 260 g/mol. The maximum absolute atomic E-state index is 13.6. The molecule has 108 valence electrons. The molecular formula is C15H19F2N3. The first-order valence-corrected chi connectivity index (χ1v) is 6.79. The summed E-state index contributed by atoms with van der Waals surface area (Å²) < 4.78 is 28.3. The fraction of sp³-hybridized carbons (Fsp3) is 0.400. The van der Waals surface area contributed by atoms with Crippen LogP contribution in [-0.4, -0.2) is 16.3 Å². The first kappa shape index (κ1) is 14.7. The molecule has 1 aromatic heterocycles. The Morgan fingerprint density at radius 3 is 2.90 bits per heavy atom. The summed E-state index contributed by atoms with van der Waals surface area (Å²) in [7, 11) is 0. The van der Waals surface area contributed by atoms with Crippen molar-refractivity contribution in [2.45, 2.75) is 32.9 Å². The molecule has 0 fully saturated rings. The lowest BCUT2D eigenvalue weighted by atomic mass is 10.2.